The molecule has 0 aliphatic rings. The maximum Gasteiger partial charge on any atom is 0.183 e. The molecule has 1 aromatic heterocycles. The molecule has 104 valence electrons. The van der Waals surface area contributed by atoms with Crippen molar-refractivity contribution in [2.75, 3.05) is 19.0 Å². The second-order valence-electron chi connectivity index (χ2n) is 5.68. The number of rotatable bonds is 4. The van der Waals surface area contributed by atoms with Crippen molar-refractivity contribution in [2.45, 2.75) is 39.5 Å². The largest absolute Gasteiger partial charge is 0.493 e. The molecule has 1 N–H and O–H groups in total. The summed E-state index contributed by atoms with van der Waals surface area (Å²) in [6.07, 6.45) is 1.02. The smallest absolute Gasteiger partial charge is 0.183 e. The predicted octanol–water partition coefficient (Wildman–Crippen LogP) is 4.42. The average Bonchev–Trinajstić information content (AvgIpc) is 2.75. The van der Waals surface area contributed by atoms with Crippen molar-refractivity contribution >= 4 is 26.7 Å². The number of anilines is 1. The number of nitrogens with one attached hydrogen (secondary N) is 1. The molecule has 0 radical (unpaired) electrons. The van der Waals surface area contributed by atoms with Gasteiger partial charge in [-0.1, -0.05) is 39.0 Å². The second-order valence-corrected chi connectivity index (χ2v) is 6.71. The van der Waals surface area contributed by atoms with Gasteiger partial charge in [-0.2, -0.15) is 0 Å². The van der Waals surface area contributed by atoms with E-state index in [0.717, 1.165) is 29.4 Å². The van der Waals surface area contributed by atoms with Gasteiger partial charge in [0.2, 0.25) is 0 Å². The monoisotopic (exact) mass is 278 g/mol. The van der Waals surface area contributed by atoms with Crippen molar-refractivity contribution in [3.05, 3.63) is 17.7 Å². The van der Waals surface area contributed by atoms with Crippen molar-refractivity contribution in [1.82, 2.24) is 4.98 Å². The lowest BCUT2D eigenvalue weighted by Crippen LogP contribution is -2.13. The Morgan fingerprint density at radius 3 is 2.63 bits per heavy atom. The molecule has 0 atom stereocenters. The van der Waals surface area contributed by atoms with E-state index in [2.05, 4.69) is 50.1 Å². The van der Waals surface area contributed by atoms with Crippen LogP contribution in [0.1, 0.15) is 39.7 Å². The van der Waals surface area contributed by atoms with E-state index >= 15 is 0 Å². The quantitative estimate of drug-likeness (QED) is 0.898. The Morgan fingerprint density at radius 2 is 2.05 bits per heavy atom. The Hall–Kier alpha value is -1.29. The van der Waals surface area contributed by atoms with Gasteiger partial charge in [-0.25, -0.2) is 4.98 Å². The first-order chi connectivity index (χ1) is 8.95. The van der Waals surface area contributed by atoms with Crippen molar-refractivity contribution in [3.8, 4) is 5.75 Å². The van der Waals surface area contributed by atoms with Crippen LogP contribution in [-0.4, -0.2) is 18.6 Å². The Kier molecular flexibility index (Phi) is 3.99. The Morgan fingerprint density at radius 1 is 1.32 bits per heavy atom. The third kappa shape index (κ3) is 3.00. The molecule has 0 aliphatic heterocycles. The molecule has 0 spiro atoms. The standard InChI is InChI=1S/C15H22N2OS/c1-6-7-18-12-9-13-11(17-14(16-5)19-13)8-10(12)15(2,3)4/h8-9H,6-7H2,1-5H3,(H,16,17). The van der Waals surface area contributed by atoms with E-state index in [4.69, 9.17) is 4.74 Å². The fraction of sp³-hybridized carbons (Fsp3) is 0.533. The van der Waals surface area contributed by atoms with Gasteiger partial charge in [-0.15, -0.1) is 0 Å². The summed E-state index contributed by atoms with van der Waals surface area (Å²) < 4.78 is 7.09. The SMILES string of the molecule is CCCOc1cc2sc(NC)nc2cc1C(C)(C)C. The minimum atomic E-state index is 0.0562. The fourth-order valence-electron chi connectivity index (χ4n) is 1.98. The third-order valence-corrected chi connectivity index (χ3v) is 4.01. The van der Waals surface area contributed by atoms with Gasteiger partial charge in [0.1, 0.15) is 5.75 Å². The summed E-state index contributed by atoms with van der Waals surface area (Å²) in [4.78, 5) is 4.58. The highest BCUT2D eigenvalue weighted by atomic mass is 32.1. The molecular formula is C15H22N2OS. The number of hydrogen-bond acceptors (Lipinski definition) is 4. The molecule has 3 nitrogen and oxygen atoms in total. The summed E-state index contributed by atoms with van der Waals surface area (Å²) in [5.41, 5.74) is 2.32. The lowest BCUT2D eigenvalue weighted by atomic mass is 9.86. The van der Waals surface area contributed by atoms with E-state index < -0.39 is 0 Å². The molecule has 4 heteroatoms. The summed E-state index contributed by atoms with van der Waals surface area (Å²) in [5, 5.41) is 4.05. The van der Waals surface area contributed by atoms with E-state index in [1.165, 1.54) is 10.3 Å². The van der Waals surface area contributed by atoms with E-state index in [-0.39, 0.29) is 5.41 Å². The van der Waals surface area contributed by atoms with Crippen molar-refractivity contribution < 1.29 is 4.74 Å². The van der Waals surface area contributed by atoms with Crippen LogP contribution in [0.3, 0.4) is 0 Å². The van der Waals surface area contributed by atoms with Crippen LogP contribution in [0.2, 0.25) is 0 Å². The number of benzene rings is 1. The fourth-order valence-corrected chi connectivity index (χ4v) is 2.81. The number of nitrogens with zero attached hydrogens (tertiary/aromatic N) is 1. The van der Waals surface area contributed by atoms with Gasteiger partial charge in [0.05, 0.1) is 16.8 Å². The molecule has 1 aromatic carbocycles. The van der Waals surface area contributed by atoms with Crippen LogP contribution in [0.15, 0.2) is 12.1 Å². The molecule has 0 aliphatic carbocycles. The molecule has 19 heavy (non-hydrogen) atoms. The first-order valence-corrected chi connectivity index (χ1v) is 7.53. The molecule has 0 saturated carbocycles. The first-order valence-electron chi connectivity index (χ1n) is 6.71. The number of aromatic nitrogens is 1. The highest BCUT2D eigenvalue weighted by Crippen LogP contribution is 2.37. The van der Waals surface area contributed by atoms with Crippen molar-refractivity contribution in [3.63, 3.8) is 0 Å². The zero-order valence-electron chi connectivity index (χ0n) is 12.3. The van der Waals surface area contributed by atoms with Gasteiger partial charge in [0, 0.05) is 12.6 Å². The van der Waals surface area contributed by atoms with E-state index in [0.29, 0.717) is 0 Å². The van der Waals surface area contributed by atoms with E-state index in [1.807, 2.05) is 7.05 Å². The molecule has 0 bridgehead atoms. The van der Waals surface area contributed by atoms with Crippen LogP contribution in [0.4, 0.5) is 5.13 Å². The van der Waals surface area contributed by atoms with Gasteiger partial charge < -0.3 is 10.1 Å². The molecular weight excluding hydrogens is 256 g/mol. The summed E-state index contributed by atoms with van der Waals surface area (Å²) in [7, 11) is 1.90. The molecule has 0 amide bonds. The minimum absolute atomic E-state index is 0.0562. The molecule has 0 fully saturated rings. The molecule has 0 saturated heterocycles. The van der Waals surface area contributed by atoms with Gasteiger partial charge in [0.25, 0.3) is 0 Å². The topological polar surface area (TPSA) is 34.1 Å². The predicted molar refractivity (Wildman–Crippen MR) is 83.7 cm³/mol. The lowest BCUT2D eigenvalue weighted by molar-refractivity contribution is 0.309. The molecule has 2 aromatic rings. The Labute approximate surface area is 119 Å². The Bertz CT molecular complexity index is 569. The highest BCUT2D eigenvalue weighted by Gasteiger charge is 2.21. The minimum Gasteiger partial charge on any atom is -0.493 e. The summed E-state index contributed by atoms with van der Waals surface area (Å²) in [6.45, 7) is 9.50. The van der Waals surface area contributed by atoms with Crippen LogP contribution in [0.5, 0.6) is 5.75 Å². The highest BCUT2D eigenvalue weighted by molar-refractivity contribution is 7.22. The second kappa shape index (κ2) is 5.37. The zero-order chi connectivity index (χ0) is 14.0. The van der Waals surface area contributed by atoms with E-state index in [9.17, 15) is 0 Å². The molecule has 0 unspecified atom stereocenters. The van der Waals surface area contributed by atoms with Crippen LogP contribution in [0, 0.1) is 0 Å². The van der Waals surface area contributed by atoms with Gasteiger partial charge in [-0.05, 0) is 24.0 Å². The van der Waals surface area contributed by atoms with Gasteiger partial charge >= 0.3 is 0 Å². The summed E-state index contributed by atoms with van der Waals surface area (Å²) in [6, 6.07) is 4.29. The van der Waals surface area contributed by atoms with Crippen LogP contribution < -0.4 is 10.1 Å². The van der Waals surface area contributed by atoms with Gasteiger partial charge in [0.15, 0.2) is 5.13 Å². The van der Waals surface area contributed by atoms with E-state index in [1.54, 1.807) is 11.3 Å². The molecule has 2 rings (SSSR count). The number of hydrogen-bond donors (Lipinski definition) is 1. The maximum atomic E-state index is 5.92. The van der Waals surface area contributed by atoms with Gasteiger partial charge in [-0.3, -0.25) is 0 Å². The third-order valence-electron chi connectivity index (χ3n) is 2.97. The average molecular weight is 278 g/mol. The van der Waals surface area contributed by atoms with Crippen molar-refractivity contribution in [1.29, 1.82) is 0 Å². The van der Waals surface area contributed by atoms with Crippen LogP contribution >= 0.6 is 11.3 Å². The number of fused-ring (bicyclic) bond motifs is 1. The normalized spacial score (nSPS) is 11.8. The zero-order valence-corrected chi connectivity index (χ0v) is 13.1. The number of thiazole rings is 1. The Balaban J connectivity index is 2.54. The maximum absolute atomic E-state index is 5.92. The first kappa shape index (κ1) is 14.1. The number of ether oxygens (including phenoxy) is 1. The lowest BCUT2D eigenvalue weighted by Gasteiger charge is -2.22. The summed E-state index contributed by atoms with van der Waals surface area (Å²) in [5.74, 6) is 0.994. The van der Waals surface area contributed by atoms with Crippen LogP contribution in [-0.2, 0) is 5.41 Å². The summed E-state index contributed by atoms with van der Waals surface area (Å²) >= 11 is 1.66. The van der Waals surface area contributed by atoms with Crippen LogP contribution in [0.25, 0.3) is 10.2 Å². The molecule has 1 heterocycles. The van der Waals surface area contributed by atoms with Crippen molar-refractivity contribution in [2.24, 2.45) is 0 Å².